The van der Waals surface area contributed by atoms with E-state index in [1.165, 1.54) is 50.7 Å². The Labute approximate surface area is 122 Å². The van der Waals surface area contributed by atoms with Gasteiger partial charge in [0.15, 0.2) is 0 Å². The highest BCUT2D eigenvalue weighted by atomic mass is 32.2. The van der Waals surface area contributed by atoms with Gasteiger partial charge in [0.05, 0.1) is 12.0 Å². The second kappa shape index (κ2) is 7.34. The Kier molecular flexibility index (Phi) is 5.79. The fraction of sp³-hybridized carbons (Fsp3) is 0.154. The second-order valence-corrected chi connectivity index (χ2v) is 5.54. The first-order chi connectivity index (χ1) is 9.97. The molecule has 0 unspecified atom stereocenters. The Morgan fingerprint density at radius 1 is 1.14 bits per heavy atom. The van der Waals surface area contributed by atoms with Crippen molar-refractivity contribution in [3.05, 3.63) is 36.7 Å². The van der Waals surface area contributed by atoms with Crippen LogP contribution in [0.4, 0.5) is 5.69 Å². The van der Waals surface area contributed by atoms with Gasteiger partial charge in [0, 0.05) is 18.1 Å². The molecule has 0 aliphatic rings. The van der Waals surface area contributed by atoms with Crippen LogP contribution in [-0.4, -0.2) is 31.8 Å². The fourth-order valence-electron chi connectivity index (χ4n) is 1.40. The third-order valence-corrected chi connectivity index (χ3v) is 3.95. The van der Waals surface area contributed by atoms with Gasteiger partial charge in [-0.2, -0.15) is 0 Å². The van der Waals surface area contributed by atoms with E-state index in [2.05, 4.69) is 9.97 Å². The molecule has 1 aromatic heterocycles. The molecular weight excluding hydrogens is 294 g/mol. The van der Waals surface area contributed by atoms with E-state index < -0.39 is 9.84 Å². The van der Waals surface area contributed by atoms with Crippen molar-refractivity contribution in [3.8, 4) is 5.88 Å². The standard InChI is InChI=1S/C11H11N3O3S.C2H4O/c1-17-10-11(14-7-6-13-10)18(15,16)9-4-2-8(12)3-5-9;1-2-3/h2-7H,12H2,1H3;2H,1H3. The van der Waals surface area contributed by atoms with Crippen LogP contribution in [0.2, 0.25) is 0 Å². The van der Waals surface area contributed by atoms with Crippen molar-refractivity contribution in [2.45, 2.75) is 16.8 Å². The summed E-state index contributed by atoms with van der Waals surface area (Å²) in [4.78, 5) is 16.5. The highest BCUT2D eigenvalue weighted by Crippen LogP contribution is 2.25. The normalized spacial score (nSPS) is 10.2. The zero-order chi connectivity index (χ0) is 15.9. The molecule has 0 saturated heterocycles. The van der Waals surface area contributed by atoms with Crippen LogP contribution in [0.5, 0.6) is 5.88 Å². The minimum absolute atomic E-state index is 0.0330. The van der Waals surface area contributed by atoms with Crippen molar-refractivity contribution >= 4 is 21.8 Å². The Balaban J connectivity index is 0.000000677. The maximum atomic E-state index is 12.3. The highest BCUT2D eigenvalue weighted by Gasteiger charge is 2.24. The molecule has 7 nitrogen and oxygen atoms in total. The summed E-state index contributed by atoms with van der Waals surface area (Å²) < 4.78 is 29.5. The van der Waals surface area contributed by atoms with Crippen molar-refractivity contribution in [2.75, 3.05) is 12.8 Å². The summed E-state index contributed by atoms with van der Waals surface area (Å²) in [6, 6.07) is 5.85. The largest absolute Gasteiger partial charge is 0.479 e. The first kappa shape index (κ1) is 16.6. The molecule has 112 valence electrons. The first-order valence-corrected chi connectivity index (χ1v) is 7.31. The molecule has 1 heterocycles. The number of nitrogen functional groups attached to an aromatic ring is 1. The van der Waals surface area contributed by atoms with Gasteiger partial charge in [-0.3, -0.25) is 0 Å². The number of rotatable bonds is 3. The predicted molar refractivity (Wildman–Crippen MR) is 76.6 cm³/mol. The zero-order valence-corrected chi connectivity index (χ0v) is 12.4. The summed E-state index contributed by atoms with van der Waals surface area (Å²) >= 11 is 0. The number of hydrogen-bond donors (Lipinski definition) is 1. The van der Waals surface area contributed by atoms with Crippen LogP contribution in [0.15, 0.2) is 46.6 Å². The van der Waals surface area contributed by atoms with Gasteiger partial charge in [-0.05, 0) is 31.2 Å². The van der Waals surface area contributed by atoms with Gasteiger partial charge in [-0.1, -0.05) is 0 Å². The number of ether oxygens (including phenoxy) is 1. The third-order valence-electron chi connectivity index (χ3n) is 2.27. The van der Waals surface area contributed by atoms with Crippen LogP contribution < -0.4 is 10.5 Å². The van der Waals surface area contributed by atoms with Gasteiger partial charge < -0.3 is 15.3 Å². The SMILES string of the molecule is CC=O.COc1nccnc1S(=O)(=O)c1ccc(N)cc1. The minimum Gasteiger partial charge on any atom is -0.479 e. The van der Waals surface area contributed by atoms with Crippen molar-refractivity contribution < 1.29 is 17.9 Å². The number of benzene rings is 1. The molecule has 21 heavy (non-hydrogen) atoms. The molecule has 1 aromatic carbocycles. The average molecular weight is 309 g/mol. The summed E-state index contributed by atoms with van der Waals surface area (Å²) in [6.45, 7) is 1.44. The van der Waals surface area contributed by atoms with Gasteiger partial charge in [0.1, 0.15) is 6.29 Å². The summed E-state index contributed by atoms with van der Waals surface area (Å²) in [5.41, 5.74) is 6.00. The number of nitrogens with zero attached hydrogens (tertiary/aromatic N) is 2. The average Bonchev–Trinajstić information content (AvgIpc) is 2.48. The van der Waals surface area contributed by atoms with Crippen LogP contribution in [0, 0.1) is 0 Å². The molecule has 0 fully saturated rings. The number of aromatic nitrogens is 2. The first-order valence-electron chi connectivity index (χ1n) is 5.82. The maximum Gasteiger partial charge on any atom is 0.252 e. The van der Waals surface area contributed by atoms with E-state index >= 15 is 0 Å². The van der Waals surface area contributed by atoms with Crippen LogP contribution >= 0.6 is 0 Å². The molecule has 0 aliphatic carbocycles. The van der Waals surface area contributed by atoms with E-state index in [-0.39, 0.29) is 15.8 Å². The van der Waals surface area contributed by atoms with Crippen LogP contribution in [0.25, 0.3) is 0 Å². The van der Waals surface area contributed by atoms with Crippen molar-refractivity contribution in [1.29, 1.82) is 0 Å². The zero-order valence-electron chi connectivity index (χ0n) is 11.6. The van der Waals surface area contributed by atoms with E-state index in [1.54, 1.807) is 0 Å². The lowest BCUT2D eigenvalue weighted by Crippen LogP contribution is -2.07. The Bertz CT molecular complexity index is 700. The second-order valence-electron chi connectivity index (χ2n) is 3.68. The van der Waals surface area contributed by atoms with E-state index in [4.69, 9.17) is 15.3 Å². The molecule has 0 saturated carbocycles. The van der Waals surface area contributed by atoms with Crippen molar-refractivity contribution in [3.63, 3.8) is 0 Å². The number of nitrogens with two attached hydrogens (primary N) is 1. The molecule has 2 rings (SSSR count). The summed E-state index contributed by atoms with van der Waals surface area (Å²) in [5, 5.41) is -0.211. The quantitative estimate of drug-likeness (QED) is 0.667. The highest BCUT2D eigenvalue weighted by molar-refractivity contribution is 7.91. The van der Waals surface area contributed by atoms with E-state index in [0.717, 1.165) is 6.29 Å². The fourth-order valence-corrected chi connectivity index (χ4v) is 2.68. The van der Waals surface area contributed by atoms with Crippen molar-refractivity contribution in [1.82, 2.24) is 9.97 Å². The Hall–Kier alpha value is -2.48. The number of carbonyl (C=O) groups is 1. The van der Waals surface area contributed by atoms with Gasteiger partial charge >= 0.3 is 0 Å². The smallest absolute Gasteiger partial charge is 0.252 e. The Morgan fingerprint density at radius 3 is 2.19 bits per heavy atom. The van der Waals surface area contributed by atoms with Gasteiger partial charge in [0.2, 0.25) is 14.9 Å². The summed E-state index contributed by atoms with van der Waals surface area (Å²) in [5.74, 6) is -0.0330. The predicted octanol–water partition coefficient (Wildman–Crippen LogP) is 1.11. The molecule has 2 aromatic rings. The number of carbonyl (C=O) groups excluding carboxylic acids is 1. The van der Waals surface area contributed by atoms with Crippen LogP contribution in [0.3, 0.4) is 0 Å². The molecule has 0 spiro atoms. The molecule has 8 heteroatoms. The summed E-state index contributed by atoms with van der Waals surface area (Å²) in [6.07, 6.45) is 3.41. The van der Waals surface area contributed by atoms with Gasteiger partial charge in [-0.15, -0.1) is 0 Å². The molecule has 0 radical (unpaired) electrons. The lowest BCUT2D eigenvalue weighted by atomic mass is 10.3. The topological polar surface area (TPSA) is 112 Å². The maximum absolute atomic E-state index is 12.3. The van der Waals surface area contributed by atoms with E-state index in [1.807, 2.05) is 0 Å². The minimum atomic E-state index is -3.75. The van der Waals surface area contributed by atoms with Crippen LogP contribution in [0.1, 0.15) is 6.92 Å². The molecule has 0 bridgehead atoms. The van der Waals surface area contributed by atoms with E-state index in [0.29, 0.717) is 5.69 Å². The van der Waals surface area contributed by atoms with Gasteiger partial charge in [-0.25, -0.2) is 18.4 Å². The van der Waals surface area contributed by atoms with Gasteiger partial charge in [0.25, 0.3) is 5.88 Å². The Morgan fingerprint density at radius 2 is 1.67 bits per heavy atom. The van der Waals surface area contributed by atoms with E-state index in [9.17, 15) is 8.42 Å². The van der Waals surface area contributed by atoms with Crippen LogP contribution in [-0.2, 0) is 14.6 Å². The molecule has 0 aliphatic heterocycles. The number of methoxy groups -OCH3 is 1. The lowest BCUT2D eigenvalue weighted by molar-refractivity contribution is -0.106. The number of aldehydes is 1. The number of sulfone groups is 1. The molecule has 0 atom stereocenters. The number of hydrogen-bond acceptors (Lipinski definition) is 7. The summed E-state index contributed by atoms with van der Waals surface area (Å²) in [7, 11) is -2.41. The monoisotopic (exact) mass is 309 g/mol. The van der Waals surface area contributed by atoms with Crippen molar-refractivity contribution in [2.24, 2.45) is 0 Å². The molecule has 2 N–H and O–H groups in total. The molecular formula is C13H15N3O4S. The number of anilines is 1. The molecule has 0 amide bonds. The third kappa shape index (κ3) is 3.99. The lowest BCUT2D eigenvalue weighted by Gasteiger charge is -2.07.